The molecule has 3 aliphatic rings. The summed E-state index contributed by atoms with van der Waals surface area (Å²) < 4.78 is 76.5. The van der Waals surface area contributed by atoms with E-state index in [4.69, 9.17) is 14.2 Å². The van der Waals surface area contributed by atoms with Gasteiger partial charge in [-0.2, -0.15) is 0 Å². The van der Waals surface area contributed by atoms with Crippen LogP contribution in [0.5, 0.6) is 28.7 Å². The average Bonchev–Trinajstić information content (AvgIpc) is 3.48. The van der Waals surface area contributed by atoms with Crippen molar-refractivity contribution in [2.24, 2.45) is 0 Å². The number of ether oxygens (including phenoxy) is 5. The first-order chi connectivity index (χ1) is 21.2. The molecular weight excluding hydrogens is 616 g/mol. The van der Waals surface area contributed by atoms with E-state index in [1.807, 2.05) is 0 Å². The predicted octanol–water partition coefficient (Wildman–Crippen LogP) is 3.22. The van der Waals surface area contributed by atoms with E-state index in [2.05, 4.69) is 25.1 Å². The van der Waals surface area contributed by atoms with Crippen LogP contribution in [-0.2, 0) is 20.0 Å². The number of alkyl halides is 2. The third-order valence-electron chi connectivity index (χ3n) is 7.87. The van der Waals surface area contributed by atoms with Gasteiger partial charge in [0, 0.05) is 48.7 Å². The lowest BCUT2D eigenvalue weighted by Crippen LogP contribution is -2.46. The smallest absolute Gasteiger partial charge is 0.497 e. The molecule has 3 aromatic rings. The minimum Gasteiger partial charge on any atom is -0.497 e. The Balaban J connectivity index is 1.23. The van der Waals surface area contributed by atoms with Crippen molar-refractivity contribution >= 4 is 21.7 Å². The van der Waals surface area contributed by atoms with Crippen LogP contribution in [0.15, 0.2) is 48.7 Å². The van der Waals surface area contributed by atoms with E-state index in [1.165, 1.54) is 25.4 Å². The molecule has 45 heavy (non-hydrogen) atoms. The van der Waals surface area contributed by atoms with Crippen LogP contribution in [0.4, 0.5) is 8.78 Å². The van der Waals surface area contributed by atoms with Gasteiger partial charge < -0.3 is 34.3 Å². The molecule has 4 heterocycles. The molecule has 0 fully saturated rings. The fourth-order valence-corrected chi connectivity index (χ4v) is 5.88. The van der Waals surface area contributed by atoms with Gasteiger partial charge in [0.05, 0.1) is 30.2 Å². The van der Waals surface area contributed by atoms with Gasteiger partial charge in [-0.3, -0.25) is 14.6 Å². The molecule has 0 aliphatic carbocycles. The van der Waals surface area contributed by atoms with Crippen molar-refractivity contribution in [2.75, 3.05) is 32.3 Å². The van der Waals surface area contributed by atoms with Crippen molar-refractivity contribution in [3.05, 3.63) is 71.0 Å². The number of nitrogens with zero attached hydrogens (tertiary/aromatic N) is 1. The van der Waals surface area contributed by atoms with E-state index in [-0.39, 0.29) is 48.1 Å². The van der Waals surface area contributed by atoms with Crippen LogP contribution >= 0.6 is 0 Å². The summed E-state index contributed by atoms with van der Waals surface area (Å²) >= 11 is 0. The van der Waals surface area contributed by atoms with Gasteiger partial charge >= 0.3 is 6.29 Å². The minimum absolute atomic E-state index is 0.0324. The summed E-state index contributed by atoms with van der Waals surface area (Å²) in [6.07, 6.45) is -1.72. The maximum atomic E-state index is 13.9. The van der Waals surface area contributed by atoms with E-state index in [1.54, 1.807) is 37.3 Å². The van der Waals surface area contributed by atoms with Crippen molar-refractivity contribution in [3.63, 3.8) is 0 Å². The zero-order valence-electron chi connectivity index (χ0n) is 24.4. The summed E-state index contributed by atoms with van der Waals surface area (Å²) in [7, 11) is -1.71. The van der Waals surface area contributed by atoms with Gasteiger partial charge in [-0.25, -0.2) is 8.42 Å². The number of amides is 2. The van der Waals surface area contributed by atoms with E-state index >= 15 is 0 Å². The third-order valence-corrected chi connectivity index (χ3v) is 8.82. The lowest BCUT2D eigenvalue weighted by atomic mass is 9.82. The van der Waals surface area contributed by atoms with Crippen LogP contribution in [0.3, 0.4) is 0 Å². The zero-order valence-corrected chi connectivity index (χ0v) is 25.2. The Morgan fingerprint density at radius 3 is 2.51 bits per heavy atom. The highest BCUT2D eigenvalue weighted by Crippen LogP contribution is 2.50. The Labute approximate surface area is 256 Å². The van der Waals surface area contributed by atoms with Crippen molar-refractivity contribution in [1.82, 2.24) is 15.6 Å². The monoisotopic (exact) mass is 645 g/mol. The predicted molar refractivity (Wildman–Crippen MR) is 154 cm³/mol. The average molecular weight is 646 g/mol. The number of nitrogens with one attached hydrogen (secondary N) is 2. The maximum absolute atomic E-state index is 13.9. The molecule has 3 atom stereocenters. The van der Waals surface area contributed by atoms with Gasteiger partial charge in [0.2, 0.25) is 5.91 Å². The van der Waals surface area contributed by atoms with Crippen LogP contribution in [0.25, 0.3) is 0 Å². The summed E-state index contributed by atoms with van der Waals surface area (Å²) in [6, 6.07) is 10.5. The number of aromatic nitrogens is 1. The third kappa shape index (κ3) is 6.03. The Morgan fingerprint density at radius 1 is 1.07 bits per heavy atom. The molecule has 3 aliphatic heterocycles. The van der Waals surface area contributed by atoms with Gasteiger partial charge in [0.1, 0.15) is 45.2 Å². The molecule has 2 aromatic carbocycles. The quantitative estimate of drug-likeness (QED) is 0.374. The van der Waals surface area contributed by atoms with Crippen molar-refractivity contribution in [2.45, 2.75) is 37.2 Å². The Kier molecular flexibility index (Phi) is 7.46. The highest BCUT2D eigenvalue weighted by molar-refractivity contribution is 7.90. The molecule has 12 nitrogen and oxygen atoms in total. The SMILES string of the molecule is COc1ccc2c(c1)O[C@@H](c1ccc(C(=O)NCCS(C)(=O)=O)cn1)C[C@H]2NC(=O)[C@@]1(C)COc2cc3c(cc21)OC(F)(F)O3. The summed E-state index contributed by atoms with van der Waals surface area (Å²) in [4.78, 5) is 30.8. The molecule has 0 bridgehead atoms. The molecule has 15 heteroatoms. The first-order valence-electron chi connectivity index (χ1n) is 13.9. The summed E-state index contributed by atoms with van der Waals surface area (Å²) in [6.45, 7) is 1.59. The van der Waals surface area contributed by atoms with Gasteiger partial charge in [-0.1, -0.05) is 0 Å². The number of sulfone groups is 1. The topological polar surface area (TPSA) is 151 Å². The molecule has 2 N–H and O–H groups in total. The van der Waals surface area contributed by atoms with Crippen LogP contribution in [0.2, 0.25) is 0 Å². The molecule has 6 rings (SSSR count). The number of hydrogen-bond acceptors (Lipinski definition) is 10. The number of benzene rings is 2. The minimum atomic E-state index is -3.81. The van der Waals surface area contributed by atoms with Crippen LogP contribution < -0.4 is 34.3 Å². The lowest BCUT2D eigenvalue weighted by molar-refractivity contribution is -0.286. The molecule has 0 spiro atoms. The zero-order chi connectivity index (χ0) is 32.1. The van der Waals surface area contributed by atoms with Crippen LogP contribution in [-0.4, -0.2) is 63.8 Å². The van der Waals surface area contributed by atoms with Crippen LogP contribution in [0, 0.1) is 0 Å². The highest BCUT2D eigenvalue weighted by atomic mass is 32.2. The largest absolute Gasteiger partial charge is 0.586 e. The Morgan fingerprint density at radius 2 is 1.82 bits per heavy atom. The highest BCUT2D eigenvalue weighted by Gasteiger charge is 2.49. The molecule has 2 amide bonds. The van der Waals surface area contributed by atoms with E-state index in [9.17, 15) is 26.8 Å². The number of halogens is 2. The van der Waals surface area contributed by atoms with E-state index in [0.717, 1.165) is 6.26 Å². The maximum Gasteiger partial charge on any atom is 0.586 e. The first kappa shape index (κ1) is 30.4. The lowest BCUT2D eigenvalue weighted by Gasteiger charge is -2.34. The number of pyridine rings is 1. The van der Waals surface area contributed by atoms with Crippen molar-refractivity contribution in [1.29, 1.82) is 0 Å². The van der Waals surface area contributed by atoms with E-state index < -0.39 is 45.5 Å². The van der Waals surface area contributed by atoms with Gasteiger partial charge in [-0.05, 0) is 37.3 Å². The molecule has 238 valence electrons. The summed E-state index contributed by atoms with van der Waals surface area (Å²) in [5, 5.41) is 5.63. The standard InChI is InChI=1S/C30H29F2N3O9S/c1-29(15-41-23-13-26-25(11-19(23)29)43-30(31,32)44-26)28(37)35-21-12-24(42-22-10-17(40-2)5-6-18(21)22)20-7-4-16(14-34-20)27(36)33-8-9-45(3,38)39/h4-7,10-11,13-14,21,24H,8-9,12,15H2,1-3H3,(H,33,36)(H,35,37)/t21-,24-,29+/m1/s1. The molecule has 0 unspecified atom stereocenters. The second-order valence-electron chi connectivity index (χ2n) is 11.2. The normalized spacial score (nSPS) is 22.3. The first-order valence-corrected chi connectivity index (χ1v) is 16.0. The summed E-state index contributed by atoms with van der Waals surface area (Å²) in [5.74, 6) is -0.200. The summed E-state index contributed by atoms with van der Waals surface area (Å²) in [5.41, 5.74) is 0.559. The van der Waals surface area contributed by atoms with E-state index in [0.29, 0.717) is 28.3 Å². The van der Waals surface area contributed by atoms with Crippen LogP contribution in [0.1, 0.15) is 52.7 Å². The van der Waals surface area contributed by atoms with Gasteiger partial charge in [-0.15, -0.1) is 8.78 Å². The number of carbonyl (C=O) groups excluding carboxylic acids is 2. The second kappa shape index (κ2) is 11.1. The second-order valence-corrected chi connectivity index (χ2v) is 13.5. The van der Waals surface area contributed by atoms with Crippen molar-refractivity contribution in [3.8, 4) is 28.7 Å². The fourth-order valence-electron chi connectivity index (χ4n) is 5.41. The Bertz CT molecular complexity index is 1790. The number of carbonyl (C=O) groups is 2. The molecular formula is C30H29F2N3O9S. The van der Waals surface area contributed by atoms with Crippen molar-refractivity contribution < 1.29 is 50.5 Å². The molecule has 0 saturated carbocycles. The fraction of sp³-hybridized carbons (Fsp3) is 0.367. The van der Waals surface area contributed by atoms with Gasteiger partial charge in [0.25, 0.3) is 5.91 Å². The molecule has 0 radical (unpaired) electrons. The molecule has 0 saturated heterocycles. The molecule has 1 aromatic heterocycles. The number of rotatable bonds is 8. The Hall–Kier alpha value is -4.66. The number of fused-ring (bicyclic) bond motifs is 3. The number of methoxy groups -OCH3 is 1. The number of hydrogen-bond donors (Lipinski definition) is 2. The van der Waals surface area contributed by atoms with Gasteiger partial charge in [0.15, 0.2) is 11.5 Å².